The van der Waals surface area contributed by atoms with Crippen molar-refractivity contribution in [2.75, 3.05) is 17.1 Å². The Bertz CT molecular complexity index is 845. The number of nitrogens with zero attached hydrogens (tertiary/aromatic N) is 2. The summed E-state index contributed by atoms with van der Waals surface area (Å²) in [6.45, 7) is 4.51. The zero-order chi connectivity index (χ0) is 19.9. The molecule has 0 aliphatic carbocycles. The van der Waals surface area contributed by atoms with E-state index in [0.717, 1.165) is 29.5 Å². The number of pyridine rings is 1. The smallest absolute Gasteiger partial charge is 0.232 e. The number of hydrogen-bond donors (Lipinski definition) is 1. The molecule has 1 aromatic carbocycles. The summed E-state index contributed by atoms with van der Waals surface area (Å²) < 4.78 is 26.3. The molecule has 1 aromatic heterocycles. The predicted molar refractivity (Wildman–Crippen MR) is 108 cm³/mol. The van der Waals surface area contributed by atoms with Gasteiger partial charge in [-0.3, -0.25) is 14.1 Å². The van der Waals surface area contributed by atoms with Crippen molar-refractivity contribution in [1.29, 1.82) is 0 Å². The van der Waals surface area contributed by atoms with E-state index < -0.39 is 10.0 Å². The first kappa shape index (κ1) is 20.9. The van der Waals surface area contributed by atoms with Crippen LogP contribution < -0.4 is 9.62 Å². The Kier molecular flexibility index (Phi) is 7.36. The van der Waals surface area contributed by atoms with Gasteiger partial charge in [0.25, 0.3) is 0 Å². The van der Waals surface area contributed by atoms with Gasteiger partial charge in [0.2, 0.25) is 15.9 Å². The molecule has 0 aliphatic heterocycles. The molecule has 146 valence electrons. The van der Waals surface area contributed by atoms with Crippen molar-refractivity contribution in [2.45, 2.75) is 39.7 Å². The third kappa shape index (κ3) is 5.79. The molecular formula is C20H27N3O3S. The second-order valence-electron chi connectivity index (χ2n) is 6.35. The van der Waals surface area contributed by atoms with E-state index in [4.69, 9.17) is 0 Å². The maximum absolute atomic E-state index is 12.4. The zero-order valence-corrected chi connectivity index (χ0v) is 16.9. The van der Waals surface area contributed by atoms with Gasteiger partial charge in [-0.25, -0.2) is 8.42 Å². The monoisotopic (exact) mass is 389 g/mol. The van der Waals surface area contributed by atoms with Crippen molar-refractivity contribution in [3.05, 3.63) is 59.4 Å². The number of nitrogens with one attached hydrogen (secondary N) is 1. The Morgan fingerprint density at radius 2 is 1.67 bits per heavy atom. The average Bonchev–Trinajstić information content (AvgIpc) is 2.66. The van der Waals surface area contributed by atoms with E-state index in [9.17, 15) is 13.2 Å². The molecule has 6 nitrogen and oxygen atoms in total. The molecule has 0 aliphatic rings. The molecule has 1 heterocycles. The molecular weight excluding hydrogens is 362 g/mol. The molecule has 0 atom stereocenters. The molecule has 0 radical (unpaired) electrons. The number of para-hydroxylation sites is 1. The highest BCUT2D eigenvalue weighted by Gasteiger charge is 2.23. The van der Waals surface area contributed by atoms with Crippen LogP contribution in [0.5, 0.6) is 0 Å². The van der Waals surface area contributed by atoms with Gasteiger partial charge in [-0.15, -0.1) is 0 Å². The standard InChI is InChI=1S/C20H27N3O3S/c1-4-17-7-6-8-18(5-2)20(17)23(27(3,25)26)14-11-19(24)22-15-16-9-12-21-13-10-16/h6-10,12-13H,4-5,11,14-15H2,1-3H3,(H,22,24). The number of rotatable bonds is 9. The Balaban J connectivity index is 2.14. The third-order valence-electron chi connectivity index (χ3n) is 4.40. The molecule has 0 saturated carbocycles. The number of carbonyl (C=O) groups excluding carboxylic acids is 1. The van der Waals surface area contributed by atoms with Crippen molar-refractivity contribution in [2.24, 2.45) is 0 Å². The lowest BCUT2D eigenvalue weighted by Gasteiger charge is -2.27. The molecule has 0 spiro atoms. The minimum absolute atomic E-state index is 0.0966. The number of aromatic nitrogens is 1. The summed E-state index contributed by atoms with van der Waals surface area (Å²) in [5, 5.41) is 2.83. The van der Waals surface area contributed by atoms with Crippen molar-refractivity contribution >= 4 is 21.6 Å². The Morgan fingerprint density at radius 1 is 1.07 bits per heavy atom. The second kappa shape index (κ2) is 9.50. The van der Waals surface area contributed by atoms with Crippen LogP contribution in [0.4, 0.5) is 5.69 Å². The number of amides is 1. The number of carbonyl (C=O) groups is 1. The topological polar surface area (TPSA) is 79.4 Å². The van der Waals surface area contributed by atoms with Gasteiger partial charge in [0, 0.05) is 31.9 Å². The molecule has 7 heteroatoms. The molecule has 1 N–H and O–H groups in total. The molecule has 27 heavy (non-hydrogen) atoms. The van der Waals surface area contributed by atoms with Gasteiger partial charge >= 0.3 is 0 Å². The quantitative estimate of drug-likeness (QED) is 0.715. The van der Waals surface area contributed by atoms with Gasteiger partial charge < -0.3 is 5.32 Å². The Labute approximate surface area is 161 Å². The number of benzene rings is 1. The fraction of sp³-hybridized carbons (Fsp3) is 0.400. The minimum Gasteiger partial charge on any atom is -0.352 e. The number of hydrogen-bond acceptors (Lipinski definition) is 4. The van der Waals surface area contributed by atoms with Gasteiger partial charge in [-0.1, -0.05) is 32.0 Å². The average molecular weight is 390 g/mol. The van der Waals surface area contributed by atoms with Crippen LogP contribution in [0.2, 0.25) is 0 Å². The molecule has 2 aromatic rings. The van der Waals surface area contributed by atoms with Crippen molar-refractivity contribution < 1.29 is 13.2 Å². The van der Waals surface area contributed by atoms with Crippen LogP contribution in [0.15, 0.2) is 42.7 Å². The van der Waals surface area contributed by atoms with E-state index in [1.807, 2.05) is 44.2 Å². The summed E-state index contributed by atoms with van der Waals surface area (Å²) in [4.78, 5) is 16.2. The number of anilines is 1. The van der Waals surface area contributed by atoms with Gasteiger partial charge in [-0.2, -0.15) is 0 Å². The molecule has 0 fully saturated rings. The zero-order valence-electron chi connectivity index (χ0n) is 16.1. The van der Waals surface area contributed by atoms with Crippen LogP contribution >= 0.6 is 0 Å². The van der Waals surface area contributed by atoms with Crippen LogP contribution in [-0.4, -0.2) is 32.1 Å². The van der Waals surface area contributed by atoms with Crippen LogP contribution in [-0.2, 0) is 34.2 Å². The van der Waals surface area contributed by atoms with Gasteiger partial charge in [0.1, 0.15) is 0 Å². The van der Waals surface area contributed by atoms with Crippen molar-refractivity contribution in [3.8, 4) is 0 Å². The Morgan fingerprint density at radius 3 is 2.19 bits per heavy atom. The summed E-state index contributed by atoms with van der Waals surface area (Å²) in [7, 11) is -3.50. The summed E-state index contributed by atoms with van der Waals surface area (Å²) >= 11 is 0. The van der Waals surface area contributed by atoms with Crippen LogP contribution in [0, 0.1) is 0 Å². The van der Waals surface area contributed by atoms with Crippen LogP contribution in [0.1, 0.15) is 37.0 Å². The predicted octanol–water partition coefficient (Wildman–Crippen LogP) is 2.68. The highest BCUT2D eigenvalue weighted by Crippen LogP contribution is 2.29. The third-order valence-corrected chi connectivity index (χ3v) is 5.56. The number of aryl methyl sites for hydroxylation is 2. The summed E-state index contributed by atoms with van der Waals surface area (Å²) in [6.07, 6.45) is 6.07. The van der Waals surface area contributed by atoms with E-state index in [-0.39, 0.29) is 18.9 Å². The van der Waals surface area contributed by atoms with Crippen molar-refractivity contribution in [3.63, 3.8) is 0 Å². The fourth-order valence-electron chi connectivity index (χ4n) is 2.97. The lowest BCUT2D eigenvalue weighted by molar-refractivity contribution is -0.121. The molecule has 1 amide bonds. The lowest BCUT2D eigenvalue weighted by Crippen LogP contribution is -2.35. The van der Waals surface area contributed by atoms with E-state index in [1.165, 1.54) is 10.6 Å². The van der Waals surface area contributed by atoms with E-state index in [0.29, 0.717) is 12.2 Å². The van der Waals surface area contributed by atoms with E-state index >= 15 is 0 Å². The maximum Gasteiger partial charge on any atom is 0.232 e. The summed E-state index contributed by atoms with van der Waals surface area (Å²) in [5.41, 5.74) is 3.60. The summed E-state index contributed by atoms with van der Waals surface area (Å²) in [5.74, 6) is -0.188. The first-order valence-corrected chi connectivity index (χ1v) is 11.0. The van der Waals surface area contributed by atoms with E-state index in [2.05, 4.69) is 10.3 Å². The fourth-order valence-corrected chi connectivity index (χ4v) is 3.96. The first-order valence-electron chi connectivity index (χ1n) is 9.10. The largest absolute Gasteiger partial charge is 0.352 e. The molecule has 0 bridgehead atoms. The van der Waals surface area contributed by atoms with Crippen molar-refractivity contribution in [1.82, 2.24) is 10.3 Å². The molecule has 0 saturated heterocycles. The molecule has 0 unspecified atom stereocenters. The van der Waals surface area contributed by atoms with Crippen LogP contribution in [0.25, 0.3) is 0 Å². The number of sulfonamides is 1. The van der Waals surface area contributed by atoms with E-state index in [1.54, 1.807) is 12.4 Å². The minimum atomic E-state index is -3.50. The normalized spacial score (nSPS) is 11.2. The SMILES string of the molecule is CCc1cccc(CC)c1N(CCC(=O)NCc1ccncc1)S(C)(=O)=O. The Hall–Kier alpha value is -2.41. The lowest BCUT2D eigenvalue weighted by atomic mass is 10.0. The highest BCUT2D eigenvalue weighted by molar-refractivity contribution is 7.92. The maximum atomic E-state index is 12.4. The van der Waals surface area contributed by atoms with Gasteiger partial charge in [-0.05, 0) is 41.7 Å². The molecule has 2 rings (SSSR count). The van der Waals surface area contributed by atoms with Gasteiger partial charge in [0.05, 0.1) is 11.9 Å². The van der Waals surface area contributed by atoms with Crippen LogP contribution in [0.3, 0.4) is 0 Å². The first-order chi connectivity index (χ1) is 12.9. The second-order valence-corrected chi connectivity index (χ2v) is 8.26. The van der Waals surface area contributed by atoms with Gasteiger partial charge in [0.15, 0.2) is 0 Å². The summed E-state index contributed by atoms with van der Waals surface area (Å²) in [6, 6.07) is 9.48. The highest BCUT2D eigenvalue weighted by atomic mass is 32.2.